The van der Waals surface area contributed by atoms with Crippen molar-refractivity contribution < 1.29 is 19.4 Å². The van der Waals surface area contributed by atoms with Crippen LogP contribution in [0.3, 0.4) is 0 Å². The minimum atomic E-state index is -0.707. The van der Waals surface area contributed by atoms with Crippen LogP contribution in [0.2, 0.25) is 20.1 Å². The Labute approximate surface area is 459 Å². The normalized spacial score (nSPS) is 23.2. The van der Waals surface area contributed by atoms with Crippen molar-refractivity contribution in [2.24, 2.45) is 11.8 Å². The van der Waals surface area contributed by atoms with E-state index in [0.29, 0.717) is 62.5 Å². The van der Waals surface area contributed by atoms with Gasteiger partial charge in [-0.15, -0.1) is 0 Å². The highest BCUT2D eigenvalue weighted by Crippen LogP contribution is 2.40. The van der Waals surface area contributed by atoms with Gasteiger partial charge in [0.1, 0.15) is 11.0 Å². The van der Waals surface area contributed by atoms with E-state index in [0.717, 1.165) is 127 Å². The van der Waals surface area contributed by atoms with Gasteiger partial charge in [0.2, 0.25) is 0 Å². The number of carbonyl (C=O) groups is 2. The number of carbonyl (C=O) groups excluding carboxylic acids is 1. The maximum atomic E-state index is 11.7. The molecule has 10 rings (SSSR count). The molecule has 2 aliphatic carbocycles. The molecule has 1 N–H and O–H groups in total. The molecule has 0 radical (unpaired) electrons. The zero-order valence-corrected chi connectivity index (χ0v) is 47.0. The van der Waals surface area contributed by atoms with Gasteiger partial charge in [0.05, 0.1) is 54.4 Å². The molecule has 2 unspecified atom stereocenters. The van der Waals surface area contributed by atoms with Gasteiger partial charge in [-0.05, 0) is 163 Å². The summed E-state index contributed by atoms with van der Waals surface area (Å²) in [5.41, 5.74) is 10.9. The first-order chi connectivity index (χ1) is 36.0. The lowest BCUT2D eigenvalue weighted by atomic mass is 9.83. The van der Waals surface area contributed by atoms with Crippen molar-refractivity contribution in [1.82, 2.24) is 49.3 Å². The first-order valence-electron chi connectivity index (χ1n) is 26.5. The topological polar surface area (TPSA) is 157 Å². The van der Waals surface area contributed by atoms with E-state index in [9.17, 15) is 9.59 Å². The molecule has 398 valence electrons. The number of esters is 1. The predicted molar refractivity (Wildman–Crippen MR) is 299 cm³/mol. The molecule has 2 aromatic carbocycles. The molecule has 6 heterocycles. The van der Waals surface area contributed by atoms with E-state index in [1.54, 1.807) is 12.1 Å². The molecule has 0 saturated carbocycles. The lowest BCUT2D eigenvalue weighted by Crippen LogP contribution is -2.44. The van der Waals surface area contributed by atoms with Gasteiger partial charge in [0.15, 0.2) is 11.3 Å². The van der Waals surface area contributed by atoms with E-state index < -0.39 is 5.97 Å². The molecule has 18 heteroatoms. The average Bonchev–Trinajstić information content (AvgIpc) is 4.21. The van der Waals surface area contributed by atoms with Crippen molar-refractivity contribution in [3.05, 3.63) is 115 Å². The number of halogens is 4. The minimum absolute atomic E-state index is 0.119. The molecule has 14 nitrogen and oxygen atoms in total. The van der Waals surface area contributed by atoms with E-state index in [2.05, 4.69) is 49.6 Å². The van der Waals surface area contributed by atoms with Crippen LogP contribution in [0.25, 0.3) is 33.5 Å². The van der Waals surface area contributed by atoms with E-state index in [-0.39, 0.29) is 24.5 Å². The molecule has 2 saturated heterocycles. The monoisotopic (exact) mass is 1100 g/mol. The standard InChI is InChI=1S/C29H35Cl2N5O2.C28H33Cl2N5O2/c1-17-14-20(7-11-26(17)35-13-5-6-22(35)9-12-27(37)38-4)25-16-32-28-18(2)34-36(29(28)33-25)19(3)23-10-8-21(30)15-24(23)31;1-16-13-19(6-10-25(16)34-12-4-5-21(34)8-11-26(36)37)24-15-31-27-17(2)33-35(28(27)32-24)18(3)22-9-7-20(29)14-23(22)30/h7-8,10,15-17,19,22,26H,5-6,9,11-14H2,1-4H3;6-7,9,14-16,18,21,25H,4-5,8,10-13H2,1-3H3,(H,36,37)/t17-,19-,22+,26?;16-,18-,21+,25?/m11/s1. The fourth-order valence-electron chi connectivity index (χ4n) is 12.2. The first-order valence-corrected chi connectivity index (χ1v) is 28.0. The largest absolute Gasteiger partial charge is 0.481 e. The van der Waals surface area contributed by atoms with Crippen LogP contribution in [0.1, 0.15) is 151 Å². The number of hydrogen-bond donors (Lipinski definition) is 1. The zero-order chi connectivity index (χ0) is 53.2. The lowest BCUT2D eigenvalue weighted by molar-refractivity contribution is -0.141. The molecule has 8 atom stereocenters. The third-order valence-corrected chi connectivity index (χ3v) is 17.4. The summed E-state index contributed by atoms with van der Waals surface area (Å²) in [6, 6.07) is 12.5. The quantitative estimate of drug-likeness (QED) is 0.103. The highest BCUT2D eigenvalue weighted by Gasteiger charge is 2.37. The zero-order valence-electron chi connectivity index (χ0n) is 43.9. The van der Waals surface area contributed by atoms with Crippen LogP contribution in [0.5, 0.6) is 0 Å². The Bertz CT molecular complexity index is 3140. The number of carboxylic acids is 1. The summed E-state index contributed by atoms with van der Waals surface area (Å²) in [6.07, 6.45) is 19.1. The fraction of sp³-hybridized carbons (Fsp3) is 0.509. The van der Waals surface area contributed by atoms with E-state index in [1.165, 1.54) is 24.7 Å². The number of methoxy groups -OCH3 is 1. The number of aromatic nitrogens is 8. The fourth-order valence-corrected chi connectivity index (χ4v) is 13.4. The molecule has 2 aliphatic heterocycles. The van der Waals surface area contributed by atoms with Crippen LogP contribution in [0.4, 0.5) is 0 Å². The van der Waals surface area contributed by atoms with Gasteiger partial charge in [-0.2, -0.15) is 10.2 Å². The molecule has 2 fully saturated rings. The Hall–Kier alpha value is -4.96. The lowest BCUT2D eigenvalue weighted by Gasteiger charge is -2.39. The van der Waals surface area contributed by atoms with Gasteiger partial charge in [-0.1, -0.05) is 84.5 Å². The molecular weight excluding hydrogens is 1030 g/mol. The third-order valence-electron chi connectivity index (χ3n) is 16.3. The number of nitrogens with zero attached hydrogens (tertiary/aromatic N) is 10. The SMILES string of the molecule is COC(=O)CC[C@@H]1CCCN1C1CC=C(c2cnc3c(C)nn([C@H](C)c4ccc(Cl)cc4Cl)c3n2)C[C@H]1C.Cc1nn([C@H](C)c2ccc(Cl)cc2Cl)c2nc(C3=CCC(N4CCC[C@H]4CCC(=O)O)[C@H](C)C3)cnc12. The second-order valence-corrected chi connectivity index (χ2v) is 22.8. The van der Waals surface area contributed by atoms with Crippen LogP contribution in [-0.4, -0.2) is 111 Å². The molecule has 0 spiro atoms. The number of aliphatic carboxylic acids is 1. The smallest absolute Gasteiger partial charge is 0.305 e. The highest BCUT2D eigenvalue weighted by molar-refractivity contribution is 6.35. The van der Waals surface area contributed by atoms with E-state index >= 15 is 0 Å². The minimum Gasteiger partial charge on any atom is -0.481 e. The van der Waals surface area contributed by atoms with Crippen molar-refractivity contribution in [3.8, 4) is 0 Å². The Kier molecular flexibility index (Phi) is 17.3. The van der Waals surface area contributed by atoms with Gasteiger partial charge in [0, 0.05) is 57.1 Å². The number of carboxylic acid groups (broad SMARTS) is 1. The summed E-state index contributed by atoms with van der Waals surface area (Å²) in [7, 11) is 1.46. The third kappa shape index (κ3) is 12.0. The number of fused-ring (bicyclic) bond motifs is 2. The number of allylic oxidation sites excluding steroid dienone is 2. The Balaban J connectivity index is 0.000000184. The summed E-state index contributed by atoms with van der Waals surface area (Å²) >= 11 is 25.3. The Morgan fingerprint density at radius 3 is 1.53 bits per heavy atom. The van der Waals surface area contributed by atoms with Gasteiger partial charge >= 0.3 is 11.9 Å². The van der Waals surface area contributed by atoms with Crippen LogP contribution in [-0.2, 0) is 14.3 Å². The summed E-state index contributed by atoms with van der Waals surface area (Å²) in [4.78, 5) is 47.7. The Morgan fingerprint density at radius 2 is 1.13 bits per heavy atom. The average molecular weight is 1100 g/mol. The van der Waals surface area contributed by atoms with E-state index in [4.69, 9.17) is 86.4 Å². The number of likely N-dealkylation sites (tertiary alicyclic amines) is 2. The maximum absolute atomic E-state index is 11.7. The molecular formula is C57H68Cl4N10O4. The van der Waals surface area contributed by atoms with Crippen LogP contribution in [0.15, 0.2) is 60.9 Å². The first kappa shape index (κ1) is 54.8. The summed E-state index contributed by atoms with van der Waals surface area (Å²) in [5.74, 6) is 0.0969. The molecule has 6 aromatic rings. The molecule has 4 aliphatic rings. The van der Waals surface area contributed by atoms with Crippen molar-refractivity contribution in [1.29, 1.82) is 0 Å². The van der Waals surface area contributed by atoms with Gasteiger partial charge in [-0.3, -0.25) is 19.4 Å². The van der Waals surface area contributed by atoms with Gasteiger partial charge in [-0.25, -0.2) is 29.3 Å². The van der Waals surface area contributed by atoms with Crippen molar-refractivity contribution >= 4 is 91.8 Å². The molecule has 4 aromatic heterocycles. The van der Waals surface area contributed by atoms with Gasteiger partial charge < -0.3 is 9.84 Å². The molecule has 0 amide bonds. The number of hydrogen-bond acceptors (Lipinski definition) is 11. The maximum Gasteiger partial charge on any atom is 0.305 e. The summed E-state index contributed by atoms with van der Waals surface area (Å²) in [6.45, 7) is 14.8. The summed E-state index contributed by atoms with van der Waals surface area (Å²) in [5, 5.41) is 21.1. The Morgan fingerprint density at radius 1 is 0.693 bits per heavy atom. The summed E-state index contributed by atoms with van der Waals surface area (Å²) < 4.78 is 8.69. The molecule has 0 bridgehead atoms. The predicted octanol–water partition coefficient (Wildman–Crippen LogP) is 13.2. The second kappa shape index (κ2) is 23.7. The number of aryl methyl sites for hydroxylation is 2. The highest BCUT2D eigenvalue weighted by atomic mass is 35.5. The number of rotatable bonds is 14. The molecule has 75 heavy (non-hydrogen) atoms. The van der Waals surface area contributed by atoms with Crippen molar-refractivity contribution in [2.45, 2.75) is 155 Å². The van der Waals surface area contributed by atoms with E-state index in [1.807, 2.05) is 59.9 Å². The van der Waals surface area contributed by atoms with Crippen LogP contribution in [0, 0.1) is 25.7 Å². The van der Waals surface area contributed by atoms with Gasteiger partial charge in [0.25, 0.3) is 0 Å². The van der Waals surface area contributed by atoms with Crippen LogP contribution >= 0.6 is 46.4 Å². The number of ether oxygens (including phenoxy) is 1. The van der Waals surface area contributed by atoms with Crippen LogP contribution < -0.4 is 0 Å². The number of benzene rings is 2. The second-order valence-electron chi connectivity index (χ2n) is 21.1. The van der Waals surface area contributed by atoms with Crippen molar-refractivity contribution in [2.75, 3.05) is 20.2 Å². The van der Waals surface area contributed by atoms with Crippen molar-refractivity contribution in [3.63, 3.8) is 0 Å².